The van der Waals surface area contributed by atoms with Crippen molar-refractivity contribution < 1.29 is 17.0 Å². The molecule has 1 unspecified atom stereocenters. The van der Waals surface area contributed by atoms with E-state index in [9.17, 15) is 0 Å². The van der Waals surface area contributed by atoms with Gasteiger partial charge in [0.15, 0.2) is 0 Å². The van der Waals surface area contributed by atoms with Crippen LogP contribution in [0.5, 0.6) is 0 Å². The van der Waals surface area contributed by atoms with Crippen LogP contribution in [0.2, 0.25) is 0 Å². The van der Waals surface area contributed by atoms with Gasteiger partial charge in [-0.15, -0.1) is 5.69 Å². The van der Waals surface area contributed by atoms with Crippen LogP contribution in [0.25, 0.3) is 11.4 Å². The zero-order chi connectivity index (χ0) is 23.5. The Labute approximate surface area is 209 Å². The van der Waals surface area contributed by atoms with Crippen molar-refractivity contribution in [1.29, 1.82) is 0 Å². The van der Waals surface area contributed by atoms with Gasteiger partial charge >= 0.3 is 35.6 Å². The van der Waals surface area contributed by atoms with Gasteiger partial charge in [-0.1, -0.05) is 114 Å². The van der Waals surface area contributed by atoms with Gasteiger partial charge in [-0.05, 0) is 44.4 Å². The molecule has 0 radical (unpaired) electrons. The molecule has 0 aliphatic heterocycles. The van der Waals surface area contributed by atoms with Crippen LogP contribution in [-0.2, 0) is 22.6 Å². The van der Waals surface area contributed by atoms with Crippen LogP contribution < -0.4 is 0 Å². The van der Waals surface area contributed by atoms with E-state index in [1.807, 2.05) is 0 Å². The second-order valence-corrected chi connectivity index (χ2v) is 11.6. The summed E-state index contributed by atoms with van der Waals surface area (Å²) in [4.78, 5) is 0. The van der Waals surface area contributed by atoms with E-state index in [1.54, 1.807) is 0 Å². The van der Waals surface area contributed by atoms with E-state index < -0.39 is 17.0 Å². The number of hydrogen-bond donors (Lipinski definition) is 0. The number of aryl methyl sites for hydroxylation is 3. The molecule has 0 amide bonds. The summed E-state index contributed by atoms with van der Waals surface area (Å²) in [6.07, 6.45) is 2.33. The molecule has 0 N–H and O–H groups in total. The fourth-order valence-corrected chi connectivity index (χ4v) is 4.89. The first-order chi connectivity index (χ1) is 15.2. The van der Waals surface area contributed by atoms with Crippen LogP contribution in [-0.4, -0.2) is 0 Å². The van der Waals surface area contributed by atoms with Gasteiger partial charge in [0.1, 0.15) is 0 Å². The first kappa shape index (κ1) is 25.1. The molecular formula is C28H30Cl2NTi-. The van der Waals surface area contributed by atoms with E-state index in [4.69, 9.17) is 23.9 Å². The minimum atomic E-state index is -0.556. The Balaban J connectivity index is 0.000000913. The van der Waals surface area contributed by atoms with Gasteiger partial charge in [-0.25, -0.2) is 0 Å². The van der Waals surface area contributed by atoms with Crippen LogP contribution in [0, 0.1) is 20.8 Å². The quantitative estimate of drug-likeness (QED) is 0.318. The number of allylic oxidation sites excluding steroid dienone is 1. The second-order valence-electron chi connectivity index (χ2n) is 9.03. The van der Waals surface area contributed by atoms with Crippen molar-refractivity contribution in [1.82, 2.24) is 0 Å². The summed E-state index contributed by atoms with van der Waals surface area (Å²) in [6.45, 7) is 13.2. The summed E-state index contributed by atoms with van der Waals surface area (Å²) < 4.78 is 0. The zero-order valence-electron chi connectivity index (χ0n) is 19.6. The van der Waals surface area contributed by atoms with Gasteiger partial charge in [-0.2, -0.15) is 0 Å². The van der Waals surface area contributed by atoms with Crippen LogP contribution in [0.1, 0.15) is 65.6 Å². The fraction of sp³-hybridized carbons (Fsp3) is 0.286. The molecule has 0 bridgehead atoms. The van der Waals surface area contributed by atoms with E-state index >= 15 is 0 Å². The van der Waals surface area contributed by atoms with Crippen molar-refractivity contribution in [3.8, 4) is 0 Å². The molecule has 1 aliphatic carbocycles. The standard InChI is InChI=1S/C28H30N.2ClH.Ti/c1-18-15-20(3)27(21(4)16-18)29-28(5,6)25-14-10-9-13-24(25)26-19(2)17-22-11-7-8-12-23(22)26;;;/h7-17,26H,1-6H3;2*1H;/q-1;;;+2/p-2. The van der Waals surface area contributed by atoms with Gasteiger partial charge in [0.2, 0.25) is 0 Å². The molecule has 0 saturated carbocycles. The van der Waals surface area contributed by atoms with Crippen LogP contribution in [0.4, 0.5) is 5.69 Å². The number of halogens is 2. The van der Waals surface area contributed by atoms with Crippen LogP contribution in [0.15, 0.2) is 66.2 Å². The molecule has 0 spiro atoms. The van der Waals surface area contributed by atoms with Crippen molar-refractivity contribution in [2.24, 2.45) is 0 Å². The molecule has 32 heavy (non-hydrogen) atoms. The minimum absolute atomic E-state index is 0.303. The number of benzene rings is 3. The van der Waals surface area contributed by atoms with E-state index in [1.165, 1.54) is 44.5 Å². The Kier molecular flexibility index (Phi) is 8.33. The van der Waals surface area contributed by atoms with Crippen molar-refractivity contribution >= 4 is 30.4 Å². The molecule has 1 nitrogen and oxygen atoms in total. The third-order valence-corrected chi connectivity index (χ3v) is 6.10. The predicted molar refractivity (Wildman–Crippen MR) is 137 cm³/mol. The van der Waals surface area contributed by atoms with Crippen molar-refractivity contribution in [2.75, 3.05) is 0 Å². The van der Waals surface area contributed by atoms with Crippen molar-refractivity contribution in [3.05, 3.63) is 110 Å². The zero-order valence-corrected chi connectivity index (χ0v) is 22.7. The monoisotopic (exact) mass is 498 g/mol. The number of nitrogens with zero attached hydrogens (tertiary/aromatic N) is 1. The van der Waals surface area contributed by atoms with Crippen molar-refractivity contribution in [2.45, 2.75) is 53.0 Å². The van der Waals surface area contributed by atoms with Gasteiger partial charge < -0.3 is 5.32 Å². The molecule has 0 fully saturated rings. The molecule has 1 aliphatic rings. The summed E-state index contributed by atoms with van der Waals surface area (Å²) in [5.74, 6) is 0.303. The van der Waals surface area contributed by atoms with Gasteiger partial charge in [0, 0.05) is 5.92 Å². The number of rotatable bonds is 4. The molecule has 0 aromatic heterocycles. The summed E-state index contributed by atoms with van der Waals surface area (Å²) in [6, 6.07) is 22.1. The van der Waals surface area contributed by atoms with Gasteiger partial charge in [0.25, 0.3) is 0 Å². The number of fused-ring (bicyclic) bond motifs is 1. The maximum atomic E-state index is 5.29. The summed E-state index contributed by atoms with van der Waals surface area (Å²) >= 11 is -0.556. The fourth-order valence-electron chi connectivity index (χ4n) is 4.89. The molecule has 3 aromatic rings. The average molecular weight is 499 g/mol. The third kappa shape index (κ3) is 5.34. The molecule has 4 heteroatoms. The Bertz CT molecular complexity index is 1110. The Morgan fingerprint density at radius 3 is 1.97 bits per heavy atom. The SMILES string of the molecule is CC1=Cc2ccccc2C1c1ccccc1C(C)(C)[N-]c1c(C)cc(C)cc1C.[Cl][Ti][Cl]. The second kappa shape index (κ2) is 10.6. The van der Waals surface area contributed by atoms with Crippen LogP contribution in [0.3, 0.4) is 0 Å². The molecule has 0 saturated heterocycles. The maximum absolute atomic E-state index is 5.29. The summed E-state index contributed by atoms with van der Waals surface area (Å²) in [5, 5.41) is 5.29. The summed E-state index contributed by atoms with van der Waals surface area (Å²) in [7, 11) is 9.78. The topological polar surface area (TPSA) is 14.1 Å². The molecular weight excluding hydrogens is 469 g/mol. The van der Waals surface area contributed by atoms with E-state index in [-0.39, 0.29) is 5.54 Å². The Morgan fingerprint density at radius 2 is 1.34 bits per heavy atom. The molecule has 3 aromatic carbocycles. The average Bonchev–Trinajstić information content (AvgIpc) is 3.07. The van der Waals surface area contributed by atoms with Crippen molar-refractivity contribution in [3.63, 3.8) is 0 Å². The molecule has 0 heterocycles. The molecule has 4 rings (SSSR count). The van der Waals surface area contributed by atoms with Crippen LogP contribution >= 0.6 is 18.6 Å². The van der Waals surface area contributed by atoms with E-state index in [0.29, 0.717) is 5.92 Å². The number of hydrogen-bond acceptors (Lipinski definition) is 0. The van der Waals surface area contributed by atoms with E-state index in [0.717, 1.165) is 5.69 Å². The van der Waals surface area contributed by atoms with E-state index in [2.05, 4.69) is 108 Å². The Morgan fingerprint density at radius 1 is 0.812 bits per heavy atom. The van der Waals surface area contributed by atoms with Gasteiger partial charge in [0.05, 0.1) is 0 Å². The first-order valence-corrected chi connectivity index (χ1v) is 15.1. The molecule has 1 atom stereocenters. The summed E-state index contributed by atoms with van der Waals surface area (Å²) in [5.41, 5.74) is 11.4. The first-order valence-electron chi connectivity index (χ1n) is 10.8. The predicted octanol–water partition coefficient (Wildman–Crippen LogP) is 9.48. The third-order valence-electron chi connectivity index (χ3n) is 6.10. The Hall–Kier alpha value is -1.51. The van der Waals surface area contributed by atoms with Gasteiger partial charge in [-0.3, -0.25) is 0 Å². The molecule has 166 valence electrons. The normalized spacial score (nSPS) is 14.8.